The normalized spacial score (nSPS) is 10.8. The van der Waals surface area contributed by atoms with Crippen molar-refractivity contribution in [1.82, 2.24) is 15.0 Å². The lowest BCUT2D eigenvalue weighted by Gasteiger charge is -2.25. The molecule has 0 fully saturated rings. The largest absolute Gasteiger partial charge is 0.495 e. The Balaban J connectivity index is 1.96. The van der Waals surface area contributed by atoms with Gasteiger partial charge in [0.05, 0.1) is 31.6 Å². The molecule has 0 atom stereocenters. The van der Waals surface area contributed by atoms with E-state index in [1.165, 1.54) is 0 Å². The number of aryl methyl sites for hydroxylation is 2. The zero-order valence-electron chi connectivity index (χ0n) is 17.8. The minimum absolute atomic E-state index is 0.0100. The molecular weight excluding hydrogens is 372 g/mol. The smallest absolute Gasteiger partial charge is 0.244 e. The number of anilines is 1. The van der Waals surface area contributed by atoms with E-state index < -0.39 is 0 Å². The van der Waals surface area contributed by atoms with Gasteiger partial charge < -0.3 is 19.5 Å². The fourth-order valence-corrected chi connectivity index (χ4v) is 3.06. The zero-order chi connectivity index (χ0) is 21.4. The van der Waals surface area contributed by atoms with Gasteiger partial charge in [-0.05, 0) is 39.4 Å². The number of nitrogens with zero attached hydrogens (tertiary/aromatic N) is 3. The second-order valence-electron chi connectivity index (χ2n) is 7.04. The lowest BCUT2D eigenvalue weighted by Crippen LogP contribution is -2.43. The van der Waals surface area contributed by atoms with Gasteiger partial charge in [0.1, 0.15) is 11.5 Å². The zero-order valence-corrected chi connectivity index (χ0v) is 17.8. The Hall–Kier alpha value is -2.87. The molecular formula is C21H30N4O4. The standard InChI is InChI=1S/C21H30N4O4/c1-6-11-25(13-20(26)22-18-9-7-8-10-19(18)28-5)21(27)14-24(4)12-17-15(2)23-29-16(17)3/h7-10H,6,11-14H2,1-5H3,(H,22,26). The van der Waals surface area contributed by atoms with E-state index in [9.17, 15) is 9.59 Å². The summed E-state index contributed by atoms with van der Waals surface area (Å²) in [6.45, 7) is 6.98. The molecule has 1 N–H and O–H groups in total. The molecule has 0 radical (unpaired) electrons. The van der Waals surface area contributed by atoms with Crippen molar-refractivity contribution < 1.29 is 18.8 Å². The SMILES string of the molecule is CCCN(CC(=O)Nc1ccccc1OC)C(=O)CN(C)Cc1c(C)noc1C. The Morgan fingerprint density at radius 1 is 1.21 bits per heavy atom. The van der Waals surface area contributed by atoms with E-state index in [1.54, 1.807) is 24.1 Å². The Morgan fingerprint density at radius 2 is 1.93 bits per heavy atom. The molecule has 0 bridgehead atoms. The Labute approximate surface area is 171 Å². The molecule has 8 nitrogen and oxygen atoms in total. The van der Waals surface area contributed by atoms with Gasteiger partial charge in [0.2, 0.25) is 11.8 Å². The van der Waals surface area contributed by atoms with Crippen LogP contribution in [0.25, 0.3) is 0 Å². The summed E-state index contributed by atoms with van der Waals surface area (Å²) in [5, 5.41) is 6.76. The molecule has 0 saturated carbocycles. The molecule has 0 aliphatic carbocycles. The molecule has 0 aliphatic heterocycles. The average molecular weight is 402 g/mol. The third-order valence-electron chi connectivity index (χ3n) is 4.58. The van der Waals surface area contributed by atoms with Gasteiger partial charge in [0.25, 0.3) is 0 Å². The molecule has 2 aromatic rings. The van der Waals surface area contributed by atoms with Crippen molar-refractivity contribution in [3.05, 3.63) is 41.3 Å². The van der Waals surface area contributed by atoms with Crippen LogP contribution in [-0.2, 0) is 16.1 Å². The van der Waals surface area contributed by atoms with Crippen molar-refractivity contribution in [3.63, 3.8) is 0 Å². The van der Waals surface area contributed by atoms with Crippen LogP contribution in [0.1, 0.15) is 30.4 Å². The van der Waals surface area contributed by atoms with E-state index in [0.717, 1.165) is 23.4 Å². The summed E-state index contributed by atoms with van der Waals surface area (Å²) in [6, 6.07) is 7.18. The van der Waals surface area contributed by atoms with Gasteiger partial charge in [-0.25, -0.2) is 0 Å². The van der Waals surface area contributed by atoms with Gasteiger partial charge in [-0.15, -0.1) is 0 Å². The molecule has 1 aromatic carbocycles. The first kappa shape index (κ1) is 22.4. The second-order valence-corrected chi connectivity index (χ2v) is 7.04. The highest BCUT2D eigenvalue weighted by molar-refractivity contribution is 5.95. The van der Waals surface area contributed by atoms with E-state index in [0.29, 0.717) is 24.5 Å². The number of carbonyl (C=O) groups excluding carboxylic acids is 2. The highest BCUT2D eigenvalue weighted by Crippen LogP contribution is 2.22. The maximum Gasteiger partial charge on any atom is 0.244 e. The molecule has 0 spiro atoms. The van der Waals surface area contributed by atoms with Crippen LogP contribution in [0.5, 0.6) is 5.75 Å². The second kappa shape index (κ2) is 10.6. The number of para-hydroxylation sites is 2. The third-order valence-corrected chi connectivity index (χ3v) is 4.58. The molecule has 29 heavy (non-hydrogen) atoms. The van der Waals surface area contributed by atoms with Crippen LogP contribution in [0, 0.1) is 13.8 Å². The predicted octanol–water partition coefficient (Wildman–Crippen LogP) is 2.61. The van der Waals surface area contributed by atoms with Gasteiger partial charge in [-0.1, -0.05) is 24.2 Å². The van der Waals surface area contributed by atoms with Crippen LogP contribution < -0.4 is 10.1 Å². The molecule has 0 saturated heterocycles. The van der Waals surface area contributed by atoms with Crippen LogP contribution in [0.2, 0.25) is 0 Å². The molecule has 158 valence electrons. The van der Waals surface area contributed by atoms with Gasteiger partial charge in [0.15, 0.2) is 0 Å². The van der Waals surface area contributed by atoms with Crippen molar-refractivity contribution >= 4 is 17.5 Å². The maximum atomic E-state index is 12.8. The number of rotatable bonds is 10. The van der Waals surface area contributed by atoms with Gasteiger partial charge in [-0.2, -0.15) is 0 Å². The maximum absolute atomic E-state index is 12.8. The molecule has 2 rings (SSSR count). The number of carbonyl (C=O) groups is 2. The fourth-order valence-electron chi connectivity index (χ4n) is 3.06. The Kier molecular flexibility index (Phi) is 8.21. The highest BCUT2D eigenvalue weighted by atomic mass is 16.5. The van der Waals surface area contributed by atoms with Crippen molar-refractivity contribution in [2.24, 2.45) is 0 Å². The number of hydrogen-bond donors (Lipinski definition) is 1. The number of aromatic nitrogens is 1. The van der Waals surface area contributed by atoms with Crippen molar-refractivity contribution in [1.29, 1.82) is 0 Å². The average Bonchev–Trinajstić information content (AvgIpc) is 3.00. The van der Waals surface area contributed by atoms with Crippen molar-refractivity contribution in [3.8, 4) is 5.75 Å². The van der Waals surface area contributed by atoms with Gasteiger partial charge in [-0.3, -0.25) is 14.5 Å². The van der Waals surface area contributed by atoms with Crippen LogP contribution in [0.4, 0.5) is 5.69 Å². The molecule has 2 amide bonds. The summed E-state index contributed by atoms with van der Waals surface area (Å²) in [6.07, 6.45) is 0.765. The van der Waals surface area contributed by atoms with Crippen molar-refractivity contribution in [2.75, 3.05) is 39.1 Å². The summed E-state index contributed by atoms with van der Waals surface area (Å²) in [4.78, 5) is 28.8. The van der Waals surface area contributed by atoms with Gasteiger partial charge in [0, 0.05) is 18.7 Å². The van der Waals surface area contributed by atoms with Crippen LogP contribution in [0.3, 0.4) is 0 Å². The fraction of sp³-hybridized carbons (Fsp3) is 0.476. The molecule has 0 aliphatic rings. The summed E-state index contributed by atoms with van der Waals surface area (Å²) in [5.74, 6) is 0.970. The topological polar surface area (TPSA) is 87.9 Å². The third kappa shape index (κ3) is 6.32. The minimum atomic E-state index is -0.260. The van der Waals surface area contributed by atoms with E-state index in [1.807, 2.05) is 44.9 Å². The number of methoxy groups -OCH3 is 1. The van der Waals surface area contributed by atoms with E-state index in [4.69, 9.17) is 9.26 Å². The van der Waals surface area contributed by atoms with E-state index >= 15 is 0 Å². The first-order valence-corrected chi connectivity index (χ1v) is 9.66. The molecule has 1 aromatic heterocycles. The van der Waals surface area contributed by atoms with Crippen LogP contribution in [-0.4, -0.2) is 60.6 Å². The first-order valence-electron chi connectivity index (χ1n) is 9.66. The van der Waals surface area contributed by atoms with Crippen LogP contribution >= 0.6 is 0 Å². The van der Waals surface area contributed by atoms with Crippen LogP contribution in [0.15, 0.2) is 28.8 Å². The summed E-state index contributed by atoms with van der Waals surface area (Å²) in [7, 11) is 3.41. The molecule has 8 heteroatoms. The monoisotopic (exact) mass is 402 g/mol. The Bertz CT molecular complexity index is 814. The predicted molar refractivity (Wildman–Crippen MR) is 111 cm³/mol. The molecule has 1 heterocycles. The molecule has 0 unspecified atom stereocenters. The number of likely N-dealkylation sites (N-methyl/N-ethyl adjacent to an activating group) is 1. The highest BCUT2D eigenvalue weighted by Gasteiger charge is 2.20. The van der Waals surface area contributed by atoms with Gasteiger partial charge >= 0.3 is 0 Å². The lowest BCUT2D eigenvalue weighted by atomic mass is 10.2. The summed E-state index contributed by atoms with van der Waals surface area (Å²) in [5.41, 5.74) is 2.39. The number of nitrogens with one attached hydrogen (secondary N) is 1. The minimum Gasteiger partial charge on any atom is -0.495 e. The van der Waals surface area contributed by atoms with E-state index in [-0.39, 0.29) is 24.9 Å². The lowest BCUT2D eigenvalue weighted by molar-refractivity contribution is -0.135. The van der Waals surface area contributed by atoms with E-state index in [2.05, 4.69) is 10.5 Å². The summed E-state index contributed by atoms with van der Waals surface area (Å²) < 4.78 is 10.4. The van der Waals surface area contributed by atoms with Crippen molar-refractivity contribution in [2.45, 2.75) is 33.7 Å². The summed E-state index contributed by atoms with van der Waals surface area (Å²) >= 11 is 0. The number of amides is 2. The Morgan fingerprint density at radius 3 is 2.55 bits per heavy atom. The number of benzene rings is 1. The first-order chi connectivity index (χ1) is 13.8. The number of hydrogen-bond acceptors (Lipinski definition) is 6. The quantitative estimate of drug-likeness (QED) is 0.657. The number of ether oxygens (including phenoxy) is 1.